The number of halogens is 2. The minimum atomic E-state index is -0.316. The van der Waals surface area contributed by atoms with Crippen LogP contribution in [0.15, 0.2) is 70.6 Å². The fraction of sp³-hybridized carbons (Fsp3) is 0.154. The van der Waals surface area contributed by atoms with Gasteiger partial charge in [-0.25, -0.2) is 9.38 Å². The van der Waals surface area contributed by atoms with E-state index < -0.39 is 0 Å². The lowest BCUT2D eigenvalue weighted by atomic mass is 10.1. The van der Waals surface area contributed by atoms with Crippen LogP contribution < -0.4 is 14.8 Å². The molecule has 0 radical (unpaired) electrons. The quantitative estimate of drug-likeness (QED) is 0.250. The highest BCUT2D eigenvalue weighted by atomic mass is 127. The highest BCUT2D eigenvalue weighted by Crippen LogP contribution is 2.37. The van der Waals surface area contributed by atoms with Crippen LogP contribution in [0.5, 0.6) is 11.5 Å². The summed E-state index contributed by atoms with van der Waals surface area (Å²) in [5.74, 6) is 0.556. The molecule has 1 aliphatic rings. The first kappa shape index (κ1) is 24.3. The summed E-state index contributed by atoms with van der Waals surface area (Å²) in [6, 6.07) is 18.0. The third-order valence-corrected chi connectivity index (χ3v) is 6.59. The van der Waals surface area contributed by atoms with E-state index in [0.29, 0.717) is 33.7 Å². The van der Waals surface area contributed by atoms with Gasteiger partial charge in [0, 0.05) is 5.56 Å². The Balaban J connectivity index is 1.56. The Morgan fingerprint density at radius 2 is 1.88 bits per heavy atom. The van der Waals surface area contributed by atoms with E-state index in [1.807, 2.05) is 50.2 Å². The molecule has 3 aromatic carbocycles. The molecule has 0 saturated carbocycles. The van der Waals surface area contributed by atoms with Crippen LogP contribution in [0.4, 0.5) is 10.1 Å². The predicted molar refractivity (Wildman–Crippen MR) is 143 cm³/mol. The number of nitrogens with zero attached hydrogens (tertiary/aromatic N) is 1. The first-order chi connectivity index (χ1) is 16.4. The van der Waals surface area contributed by atoms with Gasteiger partial charge in [-0.1, -0.05) is 35.9 Å². The van der Waals surface area contributed by atoms with Crippen molar-refractivity contribution < 1.29 is 18.7 Å². The van der Waals surface area contributed by atoms with Gasteiger partial charge in [-0.15, -0.1) is 0 Å². The van der Waals surface area contributed by atoms with E-state index in [4.69, 9.17) is 9.47 Å². The number of aryl methyl sites for hydroxylation is 1. The first-order valence-corrected chi connectivity index (χ1v) is 12.5. The van der Waals surface area contributed by atoms with Gasteiger partial charge in [0.05, 0.1) is 20.8 Å². The van der Waals surface area contributed by atoms with Crippen LogP contribution in [0, 0.1) is 16.3 Å². The maximum atomic E-state index is 14.0. The summed E-state index contributed by atoms with van der Waals surface area (Å²) in [4.78, 5) is 17.6. The number of ether oxygens (including phenoxy) is 2. The lowest BCUT2D eigenvalue weighted by molar-refractivity contribution is -0.115. The predicted octanol–water partition coefficient (Wildman–Crippen LogP) is 6.61. The van der Waals surface area contributed by atoms with Crippen LogP contribution in [0.2, 0.25) is 0 Å². The molecule has 1 heterocycles. The Morgan fingerprint density at radius 3 is 2.62 bits per heavy atom. The van der Waals surface area contributed by atoms with Crippen LogP contribution >= 0.6 is 34.4 Å². The molecule has 34 heavy (non-hydrogen) atoms. The topological polar surface area (TPSA) is 59.9 Å². The van der Waals surface area contributed by atoms with Gasteiger partial charge in [0.15, 0.2) is 16.7 Å². The average Bonchev–Trinajstić information content (AvgIpc) is 3.14. The normalized spacial score (nSPS) is 15.6. The SMILES string of the molecule is CCOc1cc(/C=C2/SC(=Nc3ccc(C)cc3)NC2=O)cc(I)c1OCc1ccccc1F. The van der Waals surface area contributed by atoms with E-state index in [9.17, 15) is 9.18 Å². The summed E-state index contributed by atoms with van der Waals surface area (Å²) < 4.78 is 26.5. The summed E-state index contributed by atoms with van der Waals surface area (Å²) in [5.41, 5.74) is 3.18. The Labute approximate surface area is 215 Å². The maximum absolute atomic E-state index is 14.0. The van der Waals surface area contributed by atoms with Gasteiger partial charge < -0.3 is 14.8 Å². The number of rotatable bonds is 7. The molecule has 8 heteroatoms. The summed E-state index contributed by atoms with van der Waals surface area (Å²) in [5, 5.41) is 3.34. The fourth-order valence-corrected chi connectivity index (χ4v) is 4.83. The average molecular weight is 588 g/mol. The molecule has 4 rings (SSSR count). The second-order valence-corrected chi connectivity index (χ2v) is 9.65. The molecular formula is C26H22FIN2O3S. The summed E-state index contributed by atoms with van der Waals surface area (Å²) in [6.07, 6.45) is 1.79. The van der Waals surface area contributed by atoms with Crippen molar-refractivity contribution in [1.29, 1.82) is 0 Å². The van der Waals surface area contributed by atoms with Gasteiger partial charge in [0.1, 0.15) is 12.4 Å². The van der Waals surface area contributed by atoms with Crippen molar-refractivity contribution in [3.63, 3.8) is 0 Å². The van der Waals surface area contributed by atoms with E-state index in [1.54, 1.807) is 24.3 Å². The third-order valence-electron chi connectivity index (χ3n) is 4.87. The van der Waals surface area contributed by atoms with Crippen molar-refractivity contribution in [2.45, 2.75) is 20.5 Å². The molecule has 1 amide bonds. The van der Waals surface area contributed by atoms with E-state index in [2.05, 4.69) is 32.9 Å². The lowest BCUT2D eigenvalue weighted by Gasteiger charge is -2.15. The van der Waals surface area contributed by atoms with Crippen LogP contribution in [-0.4, -0.2) is 17.7 Å². The molecule has 0 atom stereocenters. The number of carbonyl (C=O) groups excluding carboxylic acids is 1. The molecule has 1 fully saturated rings. The van der Waals surface area contributed by atoms with Gasteiger partial charge in [-0.2, -0.15) is 0 Å². The zero-order chi connectivity index (χ0) is 24.1. The molecule has 5 nitrogen and oxygen atoms in total. The Hall–Kier alpha value is -2.85. The molecular weight excluding hydrogens is 566 g/mol. The smallest absolute Gasteiger partial charge is 0.264 e. The number of hydrogen-bond acceptors (Lipinski definition) is 5. The zero-order valence-corrected chi connectivity index (χ0v) is 21.6. The van der Waals surface area contributed by atoms with Gasteiger partial charge >= 0.3 is 0 Å². The highest BCUT2D eigenvalue weighted by molar-refractivity contribution is 14.1. The Kier molecular flexibility index (Phi) is 7.89. The van der Waals surface area contributed by atoms with Crippen LogP contribution in [0.1, 0.15) is 23.6 Å². The number of hydrogen-bond donors (Lipinski definition) is 1. The number of amides is 1. The molecule has 0 bridgehead atoms. The van der Waals surface area contributed by atoms with Crippen molar-refractivity contribution in [3.8, 4) is 11.5 Å². The summed E-state index contributed by atoms with van der Waals surface area (Å²) in [7, 11) is 0. The highest BCUT2D eigenvalue weighted by Gasteiger charge is 2.24. The van der Waals surface area contributed by atoms with Crippen molar-refractivity contribution in [1.82, 2.24) is 5.32 Å². The minimum Gasteiger partial charge on any atom is -0.490 e. The van der Waals surface area contributed by atoms with Crippen LogP contribution in [0.25, 0.3) is 6.08 Å². The number of benzene rings is 3. The molecule has 0 unspecified atom stereocenters. The van der Waals surface area contributed by atoms with Crippen LogP contribution in [0.3, 0.4) is 0 Å². The summed E-state index contributed by atoms with van der Waals surface area (Å²) in [6.45, 7) is 4.42. The standard InChI is InChI=1S/C26H22FIN2O3S/c1-3-32-22-13-17(12-21(28)24(22)33-15-18-6-4-5-7-20(18)27)14-23-25(31)30-26(34-23)29-19-10-8-16(2)9-11-19/h4-14H,3,15H2,1-2H3,(H,29,30,31)/b23-14+. The Morgan fingerprint density at radius 1 is 1.12 bits per heavy atom. The summed E-state index contributed by atoms with van der Waals surface area (Å²) >= 11 is 3.44. The third kappa shape index (κ3) is 5.98. The van der Waals surface area contributed by atoms with E-state index in [0.717, 1.165) is 20.4 Å². The van der Waals surface area contributed by atoms with Crippen molar-refractivity contribution >= 4 is 57.2 Å². The molecule has 1 aliphatic heterocycles. The number of thioether (sulfide) groups is 1. The molecule has 0 aliphatic carbocycles. The molecule has 3 aromatic rings. The van der Waals surface area contributed by atoms with E-state index in [-0.39, 0.29) is 18.3 Å². The monoisotopic (exact) mass is 588 g/mol. The fourth-order valence-electron chi connectivity index (χ4n) is 3.21. The molecule has 174 valence electrons. The molecule has 1 saturated heterocycles. The first-order valence-electron chi connectivity index (χ1n) is 10.6. The number of aliphatic imine (C=N–C) groups is 1. The molecule has 0 aromatic heterocycles. The Bertz CT molecular complexity index is 1280. The van der Waals surface area contributed by atoms with Gasteiger partial charge in [0.2, 0.25) is 0 Å². The zero-order valence-electron chi connectivity index (χ0n) is 18.6. The maximum Gasteiger partial charge on any atom is 0.264 e. The minimum absolute atomic E-state index is 0.0836. The molecule has 0 spiro atoms. The van der Waals surface area contributed by atoms with Crippen LogP contribution in [-0.2, 0) is 11.4 Å². The number of amidine groups is 1. The van der Waals surface area contributed by atoms with Crippen molar-refractivity contribution in [3.05, 3.63) is 91.6 Å². The van der Waals surface area contributed by atoms with Crippen molar-refractivity contribution in [2.75, 3.05) is 6.61 Å². The molecule has 1 N–H and O–H groups in total. The van der Waals surface area contributed by atoms with Gasteiger partial charge in [0.25, 0.3) is 5.91 Å². The number of carbonyl (C=O) groups is 1. The lowest BCUT2D eigenvalue weighted by Crippen LogP contribution is -2.19. The van der Waals surface area contributed by atoms with E-state index in [1.165, 1.54) is 17.8 Å². The second-order valence-electron chi connectivity index (χ2n) is 7.46. The van der Waals surface area contributed by atoms with Crippen molar-refractivity contribution in [2.24, 2.45) is 4.99 Å². The second kappa shape index (κ2) is 11.1. The van der Waals surface area contributed by atoms with Gasteiger partial charge in [-0.3, -0.25) is 4.79 Å². The number of nitrogens with one attached hydrogen (secondary N) is 1. The largest absolute Gasteiger partial charge is 0.490 e. The van der Waals surface area contributed by atoms with E-state index >= 15 is 0 Å². The van der Waals surface area contributed by atoms with Gasteiger partial charge in [-0.05, 0) is 90.2 Å².